The second-order valence-corrected chi connectivity index (χ2v) is 5.49. The van der Waals surface area contributed by atoms with Gasteiger partial charge in [-0.1, -0.05) is 18.2 Å². The van der Waals surface area contributed by atoms with Gasteiger partial charge in [0.15, 0.2) is 0 Å². The lowest BCUT2D eigenvalue weighted by molar-refractivity contribution is -0.130. The molecular formula is C17H21N3O2. The molecule has 0 spiro atoms. The van der Waals surface area contributed by atoms with Crippen LogP contribution in [-0.2, 0) is 9.59 Å². The number of hydrogen-bond donors (Lipinski definition) is 1. The minimum atomic E-state index is -0.120. The number of rotatable bonds is 5. The summed E-state index contributed by atoms with van der Waals surface area (Å²) in [7, 11) is 0. The first-order valence-electron chi connectivity index (χ1n) is 7.40. The molecule has 5 heteroatoms. The van der Waals surface area contributed by atoms with Crippen LogP contribution in [0.1, 0.15) is 27.2 Å². The van der Waals surface area contributed by atoms with E-state index in [9.17, 15) is 9.59 Å². The second kappa shape index (κ2) is 7.02. The third-order valence-electron chi connectivity index (χ3n) is 3.51. The van der Waals surface area contributed by atoms with Gasteiger partial charge in [0.05, 0.1) is 11.2 Å². The van der Waals surface area contributed by atoms with E-state index in [0.29, 0.717) is 12.2 Å². The number of para-hydroxylation sites is 1. The molecule has 2 aromatic rings. The van der Waals surface area contributed by atoms with E-state index in [1.54, 1.807) is 11.1 Å². The minimum Gasteiger partial charge on any atom is -0.340 e. The standard InChI is InChI=1S/C17H21N3O2/c1-12(2)20(13(3)21)11-9-16(22)19-15-8-4-6-14-7-5-10-18-17(14)15/h4-8,10,12H,9,11H2,1-3H3,(H,19,22). The fraction of sp³-hybridized carbons (Fsp3) is 0.353. The molecule has 0 radical (unpaired) electrons. The number of anilines is 1. The Labute approximate surface area is 130 Å². The third kappa shape index (κ3) is 3.81. The average molecular weight is 299 g/mol. The molecule has 2 amide bonds. The minimum absolute atomic E-state index is 0.0189. The van der Waals surface area contributed by atoms with Crippen molar-refractivity contribution in [3.8, 4) is 0 Å². The Bertz CT molecular complexity index is 677. The van der Waals surface area contributed by atoms with Crippen molar-refractivity contribution in [2.45, 2.75) is 33.2 Å². The molecule has 0 fully saturated rings. The van der Waals surface area contributed by atoms with E-state index in [0.717, 1.165) is 10.9 Å². The second-order valence-electron chi connectivity index (χ2n) is 5.49. The number of hydrogen-bond acceptors (Lipinski definition) is 3. The number of nitrogens with one attached hydrogen (secondary N) is 1. The maximum absolute atomic E-state index is 12.1. The maximum atomic E-state index is 12.1. The Morgan fingerprint density at radius 2 is 1.95 bits per heavy atom. The van der Waals surface area contributed by atoms with E-state index < -0.39 is 0 Å². The topological polar surface area (TPSA) is 62.3 Å². The molecule has 22 heavy (non-hydrogen) atoms. The van der Waals surface area contributed by atoms with Crippen molar-refractivity contribution in [1.82, 2.24) is 9.88 Å². The van der Waals surface area contributed by atoms with E-state index in [1.165, 1.54) is 6.92 Å². The van der Waals surface area contributed by atoms with Crippen LogP contribution in [-0.4, -0.2) is 34.3 Å². The number of benzene rings is 1. The number of amides is 2. The van der Waals surface area contributed by atoms with Gasteiger partial charge in [-0.25, -0.2) is 0 Å². The summed E-state index contributed by atoms with van der Waals surface area (Å²) >= 11 is 0. The van der Waals surface area contributed by atoms with Crippen LogP contribution in [0.15, 0.2) is 36.5 Å². The Balaban J connectivity index is 2.04. The normalized spacial score (nSPS) is 10.7. The predicted molar refractivity (Wildman–Crippen MR) is 87.5 cm³/mol. The zero-order valence-electron chi connectivity index (χ0n) is 13.2. The van der Waals surface area contributed by atoms with E-state index in [1.807, 2.05) is 44.2 Å². The summed E-state index contributed by atoms with van der Waals surface area (Å²) in [6.45, 7) is 5.81. The van der Waals surface area contributed by atoms with Crippen LogP contribution in [0.4, 0.5) is 5.69 Å². The van der Waals surface area contributed by atoms with Crippen LogP contribution in [0.5, 0.6) is 0 Å². The number of nitrogens with zero attached hydrogens (tertiary/aromatic N) is 2. The molecule has 2 rings (SSSR count). The van der Waals surface area contributed by atoms with E-state index in [2.05, 4.69) is 10.3 Å². The van der Waals surface area contributed by atoms with Crippen LogP contribution < -0.4 is 5.32 Å². The summed E-state index contributed by atoms with van der Waals surface area (Å²) < 4.78 is 0. The first kappa shape index (κ1) is 15.9. The van der Waals surface area contributed by atoms with Crippen LogP contribution in [0.2, 0.25) is 0 Å². The third-order valence-corrected chi connectivity index (χ3v) is 3.51. The Kier molecular flexibility index (Phi) is 5.09. The predicted octanol–water partition coefficient (Wildman–Crippen LogP) is 2.82. The summed E-state index contributed by atoms with van der Waals surface area (Å²) in [5.41, 5.74) is 1.47. The molecular weight excluding hydrogens is 278 g/mol. The molecule has 116 valence electrons. The monoisotopic (exact) mass is 299 g/mol. The van der Waals surface area contributed by atoms with E-state index in [-0.39, 0.29) is 24.3 Å². The summed E-state index contributed by atoms with van der Waals surface area (Å²) in [4.78, 5) is 29.6. The molecule has 1 N–H and O–H groups in total. The molecule has 5 nitrogen and oxygen atoms in total. The van der Waals surface area contributed by atoms with E-state index >= 15 is 0 Å². The van der Waals surface area contributed by atoms with Gasteiger partial charge in [0.1, 0.15) is 0 Å². The van der Waals surface area contributed by atoms with Gasteiger partial charge in [0.2, 0.25) is 11.8 Å². The smallest absolute Gasteiger partial charge is 0.226 e. The van der Waals surface area contributed by atoms with Crippen LogP contribution in [0, 0.1) is 0 Å². The molecule has 0 saturated heterocycles. The number of carbonyl (C=O) groups excluding carboxylic acids is 2. The number of carbonyl (C=O) groups is 2. The fourth-order valence-corrected chi connectivity index (χ4v) is 2.42. The molecule has 1 heterocycles. The Hall–Kier alpha value is -2.43. The number of fused-ring (bicyclic) bond motifs is 1. The maximum Gasteiger partial charge on any atom is 0.226 e. The summed E-state index contributed by atoms with van der Waals surface area (Å²) in [6, 6.07) is 9.57. The highest BCUT2D eigenvalue weighted by atomic mass is 16.2. The number of pyridine rings is 1. The zero-order valence-corrected chi connectivity index (χ0v) is 13.2. The molecule has 0 aliphatic carbocycles. The van der Waals surface area contributed by atoms with Gasteiger partial charge < -0.3 is 10.2 Å². The van der Waals surface area contributed by atoms with E-state index in [4.69, 9.17) is 0 Å². The van der Waals surface area contributed by atoms with Gasteiger partial charge in [0, 0.05) is 37.5 Å². The van der Waals surface area contributed by atoms with Gasteiger partial charge in [-0.2, -0.15) is 0 Å². The van der Waals surface area contributed by atoms with Gasteiger partial charge in [-0.05, 0) is 26.0 Å². The zero-order chi connectivity index (χ0) is 16.1. The SMILES string of the molecule is CC(=O)N(CCC(=O)Nc1cccc2cccnc12)C(C)C. The van der Waals surface area contributed by atoms with Gasteiger partial charge in [-0.15, -0.1) is 0 Å². The first-order chi connectivity index (χ1) is 10.5. The van der Waals surface area contributed by atoms with Crippen LogP contribution >= 0.6 is 0 Å². The fourth-order valence-electron chi connectivity index (χ4n) is 2.42. The van der Waals surface area contributed by atoms with Gasteiger partial charge in [0.25, 0.3) is 0 Å². The summed E-state index contributed by atoms with van der Waals surface area (Å²) in [5.74, 6) is -0.139. The molecule has 0 unspecified atom stereocenters. The quantitative estimate of drug-likeness (QED) is 0.923. The largest absolute Gasteiger partial charge is 0.340 e. The molecule has 0 aliphatic heterocycles. The highest BCUT2D eigenvalue weighted by Crippen LogP contribution is 2.20. The molecule has 0 bridgehead atoms. The Morgan fingerprint density at radius 1 is 1.23 bits per heavy atom. The lowest BCUT2D eigenvalue weighted by atomic mass is 10.2. The highest BCUT2D eigenvalue weighted by Gasteiger charge is 2.14. The summed E-state index contributed by atoms with van der Waals surface area (Å²) in [6.07, 6.45) is 1.97. The van der Waals surface area contributed by atoms with Crippen molar-refractivity contribution >= 4 is 28.4 Å². The van der Waals surface area contributed by atoms with Crippen molar-refractivity contribution in [3.63, 3.8) is 0 Å². The van der Waals surface area contributed by atoms with Crippen molar-refractivity contribution in [2.75, 3.05) is 11.9 Å². The average Bonchev–Trinajstić information content (AvgIpc) is 2.47. The molecule has 0 atom stereocenters. The molecule has 0 aliphatic rings. The highest BCUT2D eigenvalue weighted by molar-refractivity contribution is 6.00. The first-order valence-corrected chi connectivity index (χ1v) is 7.40. The van der Waals surface area contributed by atoms with Gasteiger partial charge in [-0.3, -0.25) is 14.6 Å². The van der Waals surface area contributed by atoms with Crippen LogP contribution in [0.25, 0.3) is 10.9 Å². The number of aromatic nitrogens is 1. The van der Waals surface area contributed by atoms with Crippen molar-refractivity contribution in [3.05, 3.63) is 36.5 Å². The lowest BCUT2D eigenvalue weighted by Gasteiger charge is -2.25. The van der Waals surface area contributed by atoms with Crippen molar-refractivity contribution in [2.24, 2.45) is 0 Å². The molecule has 1 aromatic carbocycles. The van der Waals surface area contributed by atoms with Crippen molar-refractivity contribution < 1.29 is 9.59 Å². The Morgan fingerprint density at radius 3 is 2.64 bits per heavy atom. The van der Waals surface area contributed by atoms with Crippen LogP contribution in [0.3, 0.4) is 0 Å². The molecule has 0 saturated carbocycles. The molecule has 1 aromatic heterocycles. The summed E-state index contributed by atoms with van der Waals surface area (Å²) in [5, 5.41) is 3.86. The lowest BCUT2D eigenvalue weighted by Crippen LogP contribution is -2.37. The van der Waals surface area contributed by atoms with Gasteiger partial charge >= 0.3 is 0 Å². The van der Waals surface area contributed by atoms with Crippen molar-refractivity contribution in [1.29, 1.82) is 0 Å².